The Bertz CT molecular complexity index is 1220. The number of nitrogens with one attached hydrogen (secondary N) is 3. The molecule has 2 aliphatic heterocycles. The van der Waals surface area contributed by atoms with Gasteiger partial charge in [0.1, 0.15) is 11.0 Å². The van der Waals surface area contributed by atoms with Crippen molar-refractivity contribution in [1.29, 1.82) is 0 Å². The molecule has 7 heteroatoms. The van der Waals surface area contributed by atoms with E-state index in [4.69, 9.17) is 16.6 Å². The van der Waals surface area contributed by atoms with Gasteiger partial charge in [-0.25, -0.2) is 9.97 Å². The highest BCUT2D eigenvalue weighted by Gasteiger charge is 2.12. The van der Waals surface area contributed by atoms with Gasteiger partial charge in [0.2, 0.25) is 0 Å². The molecular weight excluding hydrogens is 456 g/mol. The van der Waals surface area contributed by atoms with E-state index in [-0.39, 0.29) is 0 Å². The van der Waals surface area contributed by atoms with E-state index in [2.05, 4.69) is 63.1 Å². The number of hydrogen-bond acceptors (Lipinski definition) is 6. The van der Waals surface area contributed by atoms with Crippen LogP contribution < -0.4 is 20.9 Å². The number of nitrogens with zero attached hydrogens (tertiary/aromatic N) is 3. The van der Waals surface area contributed by atoms with Crippen LogP contribution >= 0.6 is 11.6 Å². The van der Waals surface area contributed by atoms with Crippen LogP contribution in [0.15, 0.2) is 60.7 Å². The predicted molar refractivity (Wildman–Crippen MR) is 149 cm³/mol. The number of pyridine rings is 2. The van der Waals surface area contributed by atoms with E-state index in [1.54, 1.807) is 0 Å². The molecule has 0 radical (unpaired) electrons. The fourth-order valence-corrected chi connectivity index (χ4v) is 4.55. The highest BCUT2D eigenvalue weighted by atomic mass is 35.5. The minimum atomic E-state index is 0.561. The highest BCUT2D eigenvalue weighted by Crippen LogP contribution is 2.22. The van der Waals surface area contributed by atoms with Crippen molar-refractivity contribution in [2.24, 2.45) is 0 Å². The number of benzene rings is 2. The average molecular weight is 491 g/mol. The maximum Gasteiger partial charge on any atom is 0.130 e. The quantitative estimate of drug-likeness (QED) is 0.345. The second-order valence-corrected chi connectivity index (χ2v) is 9.22. The average Bonchev–Trinajstić information content (AvgIpc) is 2.91. The summed E-state index contributed by atoms with van der Waals surface area (Å²) in [5.74, 6) is 1.11. The van der Waals surface area contributed by atoms with Crippen molar-refractivity contribution in [2.45, 2.75) is 13.8 Å². The van der Waals surface area contributed by atoms with Gasteiger partial charge in [0.05, 0.1) is 11.0 Å². The van der Waals surface area contributed by atoms with E-state index in [1.165, 1.54) is 21.9 Å². The van der Waals surface area contributed by atoms with Crippen LogP contribution in [0.2, 0.25) is 5.15 Å². The Morgan fingerprint density at radius 3 is 1.71 bits per heavy atom. The second kappa shape index (κ2) is 12.8. The van der Waals surface area contributed by atoms with Crippen molar-refractivity contribution < 1.29 is 0 Å². The minimum absolute atomic E-state index is 0.561. The summed E-state index contributed by atoms with van der Waals surface area (Å²) in [6.07, 6.45) is 0. The SMILES string of the molecule is C1CNCCN1.Cc1cc(Cl)nc2ccccc12.Cc1cc(N2CCNCC2)nc2ccccc12. The molecule has 35 heavy (non-hydrogen) atoms. The molecule has 2 saturated heterocycles. The van der Waals surface area contributed by atoms with Crippen molar-refractivity contribution >= 4 is 39.2 Å². The molecule has 0 bridgehead atoms. The smallest absolute Gasteiger partial charge is 0.130 e. The number of aromatic nitrogens is 2. The Balaban J connectivity index is 0.000000139. The second-order valence-electron chi connectivity index (χ2n) is 8.83. The first-order chi connectivity index (χ1) is 17.1. The van der Waals surface area contributed by atoms with Crippen molar-refractivity contribution in [1.82, 2.24) is 25.9 Å². The Morgan fingerprint density at radius 1 is 0.657 bits per heavy atom. The third kappa shape index (κ3) is 7.12. The summed E-state index contributed by atoms with van der Waals surface area (Å²) in [6, 6.07) is 20.4. The summed E-state index contributed by atoms with van der Waals surface area (Å²) in [5, 5.41) is 12.8. The summed E-state index contributed by atoms with van der Waals surface area (Å²) in [5.41, 5.74) is 4.54. The number of fused-ring (bicyclic) bond motifs is 2. The van der Waals surface area contributed by atoms with Gasteiger partial charge in [-0.2, -0.15) is 0 Å². The molecule has 0 amide bonds. The summed E-state index contributed by atoms with van der Waals surface area (Å²) in [6.45, 7) is 12.9. The third-order valence-electron chi connectivity index (χ3n) is 6.20. The van der Waals surface area contributed by atoms with Crippen LogP contribution in [-0.4, -0.2) is 62.3 Å². The molecule has 184 valence electrons. The lowest BCUT2D eigenvalue weighted by Gasteiger charge is -2.28. The molecule has 0 unspecified atom stereocenters. The molecule has 2 aromatic heterocycles. The maximum atomic E-state index is 5.81. The van der Waals surface area contributed by atoms with Crippen LogP contribution in [0.5, 0.6) is 0 Å². The molecule has 2 aromatic carbocycles. The third-order valence-corrected chi connectivity index (χ3v) is 6.39. The normalized spacial score (nSPS) is 15.7. The highest BCUT2D eigenvalue weighted by molar-refractivity contribution is 6.29. The first kappa shape index (κ1) is 25.3. The molecule has 4 heterocycles. The fourth-order valence-electron chi connectivity index (χ4n) is 4.30. The molecular formula is C28H35ClN6. The molecule has 3 N–H and O–H groups in total. The minimum Gasteiger partial charge on any atom is -0.354 e. The number of anilines is 1. The number of para-hydroxylation sites is 2. The Morgan fingerprint density at radius 2 is 1.14 bits per heavy atom. The van der Waals surface area contributed by atoms with Gasteiger partial charge in [-0.15, -0.1) is 0 Å². The van der Waals surface area contributed by atoms with Crippen LogP contribution in [0, 0.1) is 13.8 Å². The van der Waals surface area contributed by atoms with E-state index in [0.29, 0.717) is 5.15 Å². The lowest BCUT2D eigenvalue weighted by atomic mass is 10.1. The Labute approximate surface area is 213 Å². The van der Waals surface area contributed by atoms with Gasteiger partial charge in [-0.1, -0.05) is 48.0 Å². The van der Waals surface area contributed by atoms with Crippen molar-refractivity contribution in [2.75, 3.05) is 57.3 Å². The zero-order chi connectivity index (χ0) is 24.5. The topological polar surface area (TPSA) is 65.1 Å². The number of hydrogen-bond donors (Lipinski definition) is 3. The van der Waals surface area contributed by atoms with Crippen molar-refractivity contribution in [3.63, 3.8) is 0 Å². The van der Waals surface area contributed by atoms with Gasteiger partial charge in [-0.05, 0) is 49.2 Å². The van der Waals surface area contributed by atoms with E-state index in [9.17, 15) is 0 Å². The van der Waals surface area contributed by atoms with Crippen LogP contribution in [0.25, 0.3) is 21.8 Å². The van der Waals surface area contributed by atoms with Gasteiger partial charge in [0, 0.05) is 63.1 Å². The number of halogens is 1. The molecule has 0 aliphatic carbocycles. The number of rotatable bonds is 1. The van der Waals surface area contributed by atoms with Gasteiger partial charge >= 0.3 is 0 Å². The Kier molecular flexibility index (Phi) is 9.26. The zero-order valence-electron chi connectivity index (χ0n) is 20.6. The lowest BCUT2D eigenvalue weighted by molar-refractivity contribution is 0.534. The van der Waals surface area contributed by atoms with E-state index in [0.717, 1.165) is 69.2 Å². The Hall–Kier alpha value is -2.77. The predicted octanol–water partition coefficient (Wildman–Crippen LogP) is 4.33. The number of aryl methyl sites for hydroxylation is 2. The standard InChI is InChI=1S/C14H17N3.C10H8ClN.C4H10N2/c1-11-10-14(17-8-6-15-7-9-17)16-13-5-3-2-4-12(11)13;1-7-6-10(11)12-9-5-3-2-4-8(7)9;1-2-6-4-3-5-1/h2-5,10,15H,6-9H2,1H3;2-6H,1H3;5-6H,1-4H2. The molecule has 0 saturated carbocycles. The first-order valence-corrected chi connectivity index (χ1v) is 12.7. The molecule has 0 atom stereocenters. The van der Waals surface area contributed by atoms with Gasteiger partial charge in [-0.3, -0.25) is 0 Å². The molecule has 6 rings (SSSR count). The van der Waals surface area contributed by atoms with Crippen LogP contribution in [0.1, 0.15) is 11.1 Å². The first-order valence-electron chi connectivity index (χ1n) is 12.4. The van der Waals surface area contributed by atoms with E-state index < -0.39 is 0 Å². The summed E-state index contributed by atoms with van der Waals surface area (Å²) in [7, 11) is 0. The summed E-state index contributed by atoms with van der Waals surface area (Å²) in [4.78, 5) is 11.3. The zero-order valence-corrected chi connectivity index (χ0v) is 21.4. The molecule has 6 nitrogen and oxygen atoms in total. The summed E-state index contributed by atoms with van der Waals surface area (Å²) < 4.78 is 0. The van der Waals surface area contributed by atoms with Crippen LogP contribution in [0.4, 0.5) is 5.82 Å². The largest absolute Gasteiger partial charge is 0.354 e. The van der Waals surface area contributed by atoms with Crippen molar-refractivity contribution in [3.05, 3.63) is 76.9 Å². The molecule has 2 fully saturated rings. The van der Waals surface area contributed by atoms with Gasteiger partial charge in [0.15, 0.2) is 0 Å². The summed E-state index contributed by atoms with van der Waals surface area (Å²) >= 11 is 5.81. The monoisotopic (exact) mass is 490 g/mol. The van der Waals surface area contributed by atoms with E-state index in [1.807, 2.05) is 37.3 Å². The van der Waals surface area contributed by atoms with Gasteiger partial charge < -0.3 is 20.9 Å². The van der Waals surface area contributed by atoms with Crippen molar-refractivity contribution in [3.8, 4) is 0 Å². The molecule has 4 aromatic rings. The maximum absolute atomic E-state index is 5.81. The van der Waals surface area contributed by atoms with E-state index >= 15 is 0 Å². The van der Waals surface area contributed by atoms with Crippen LogP contribution in [0.3, 0.4) is 0 Å². The lowest BCUT2D eigenvalue weighted by Crippen LogP contribution is -2.43. The number of piperazine rings is 2. The molecule has 2 aliphatic rings. The van der Waals surface area contributed by atoms with Crippen LogP contribution in [-0.2, 0) is 0 Å². The fraction of sp³-hybridized carbons (Fsp3) is 0.357. The van der Waals surface area contributed by atoms with Gasteiger partial charge in [0.25, 0.3) is 0 Å². The molecule has 0 spiro atoms.